The first-order valence-electron chi connectivity index (χ1n) is 8.84. The minimum absolute atomic E-state index is 0.180. The molecular formula is C20H30N4OS. The Balaban J connectivity index is 1.96. The summed E-state index contributed by atoms with van der Waals surface area (Å²) < 4.78 is 5.53. The van der Waals surface area contributed by atoms with Crippen LogP contribution in [0.25, 0.3) is 0 Å². The van der Waals surface area contributed by atoms with Crippen LogP contribution in [0, 0.1) is 0 Å². The van der Waals surface area contributed by atoms with Crippen LogP contribution in [0.1, 0.15) is 29.3 Å². The number of thiophene rings is 1. The largest absolute Gasteiger partial charge is 0.496 e. The van der Waals surface area contributed by atoms with Crippen molar-refractivity contribution in [3.8, 4) is 5.75 Å². The average Bonchev–Trinajstić information content (AvgIpc) is 3.19. The Kier molecular flexibility index (Phi) is 7.94. The van der Waals surface area contributed by atoms with Crippen LogP contribution in [-0.2, 0) is 0 Å². The van der Waals surface area contributed by atoms with Gasteiger partial charge in [0, 0.05) is 36.5 Å². The molecule has 1 aromatic carbocycles. The summed E-state index contributed by atoms with van der Waals surface area (Å²) in [5.74, 6) is 2.17. The van der Waals surface area contributed by atoms with Gasteiger partial charge >= 0.3 is 0 Å². The van der Waals surface area contributed by atoms with E-state index in [4.69, 9.17) is 4.74 Å². The normalized spacial score (nSPS) is 14.2. The third kappa shape index (κ3) is 5.47. The lowest BCUT2D eigenvalue weighted by Gasteiger charge is -2.27. The van der Waals surface area contributed by atoms with Gasteiger partial charge in [0.1, 0.15) is 5.75 Å². The van der Waals surface area contributed by atoms with E-state index in [1.54, 1.807) is 25.5 Å². The molecule has 0 amide bonds. The fourth-order valence-electron chi connectivity index (χ4n) is 2.85. The summed E-state index contributed by atoms with van der Waals surface area (Å²) in [6.07, 6.45) is 0. The predicted octanol–water partition coefficient (Wildman–Crippen LogP) is 3.33. The van der Waals surface area contributed by atoms with Crippen molar-refractivity contribution in [2.75, 3.05) is 41.3 Å². The minimum Gasteiger partial charge on any atom is -0.496 e. The van der Waals surface area contributed by atoms with Crippen LogP contribution >= 0.6 is 11.3 Å². The highest BCUT2D eigenvalue weighted by atomic mass is 32.1. The molecule has 2 rings (SSSR count). The molecule has 26 heavy (non-hydrogen) atoms. The van der Waals surface area contributed by atoms with Crippen molar-refractivity contribution in [3.63, 3.8) is 0 Å². The molecule has 142 valence electrons. The SMILES string of the molecule is CN=C(NCC(C)c1cccs1)NCC(c1ccccc1OC)N(C)C. The molecular weight excluding hydrogens is 344 g/mol. The van der Waals surface area contributed by atoms with Crippen LogP contribution in [0.5, 0.6) is 5.75 Å². The van der Waals surface area contributed by atoms with Gasteiger partial charge in [-0.2, -0.15) is 0 Å². The first kappa shape index (κ1) is 20.3. The van der Waals surface area contributed by atoms with E-state index in [-0.39, 0.29) is 6.04 Å². The first-order valence-corrected chi connectivity index (χ1v) is 9.72. The van der Waals surface area contributed by atoms with E-state index in [0.717, 1.165) is 30.4 Å². The molecule has 0 saturated carbocycles. The van der Waals surface area contributed by atoms with Gasteiger partial charge in [0.2, 0.25) is 0 Å². The number of hydrogen-bond acceptors (Lipinski definition) is 4. The van der Waals surface area contributed by atoms with E-state index in [2.05, 4.69) is 65.1 Å². The van der Waals surface area contributed by atoms with Crippen molar-refractivity contribution in [3.05, 3.63) is 52.2 Å². The number of methoxy groups -OCH3 is 1. The molecule has 1 aromatic heterocycles. The van der Waals surface area contributed by atoms with Crippen LogP contribution in [0.15, 0.2) is 46.8 Å². The highest BCUT2D eigenvalue weighted by Gasteiger charge is 2.18. The van der Waals surface area contributed by atoms with Crippen LogP contribution < -0.4 is 15.4 Å². The standard InChI is InChI=1S/C20H30N4OS/c1-15(19-11-8-12-26-19)13-22-20(21-2)23-14-17(24(3)4)16-9-6-7-10-18(16)25-5/h6-12,15,17H,13-14H2,1-5H3,(H2,21,22,23). The topological polar surface area (TPSA) is 48.9 Å². The Labute approximate surface area is 161 Å². The molecule has 0 spiro atoms. The maximum Gasteiger partial charge on any atom is 0.191 e. The number of nitrogens with one attached hydrogen (secondary N) is 2. The number of aliphatic imine (C=N–C) groups is 1. The Hall–Kier alpha value is -2.05. The smallest absolute Gasteiger partial charge is 0.191 e. The molecule has 0 aliphatic rings. The summed E-state index contributed by atoms with van der Waals surface area (Å²) in [5, 5.41) is 8.99. The predicted molar refractivity (Wildman–Crippen MR) is 112 cm³/mol. The molecule has 0 aliphatic carbocycles. The van der Waals surface area contributed by atoms with E-state index in [0.29, 0.717) is 5.92 Å². The molecule has 2 aromatic rings. The molecule has 1 heterocycles. The Bertz CT molecular complexity index is 685. The van der Waals surface area contributed by atoms with Gasteiger partial charge in [0.15, 0.2) is 5.96 Å². The van der Waals surface area contributed by atoms with Gasteiger partial charge in [-0.1, -0.05) is 31.2 Å². The van der Waals surface area contributed by atoms with Crippen molar-refractivity contribution in [1.29, 1.82) is 0 Å². The van der Waals surface area contributed by atoms with Crippen LogP contribution in [-0.4, -0.2) is 52.2 Å². The van der Waals surface area contributed by atoms with E-state index < -0.39 is 0 Å². The number of benzene rings is 1. The van der Waals surface area contributed by atoms with Crippen molar-refractivity contribution < 1.29 is 4.74 Å². The molecule has 0 aliphatic heterocycles. The van der Waals surface area contributed by atoms with Crippen LogP contribution in [0.4, 0.5) is 0 Å². The van der Waals surface area contributed by atoms with Gasteiger partial charge < -0.3 is 20.3 Å². The maximum atomic E-state index is 5.53. The fraction of sp³-hybridized carbons (Fsp3) is 0.450. The molecule has 0 saturated heterocycles. The zero-order valence-electron chi connectivity index (χ0n) is 16.3. The van der Waals surface area contributed by atoms with Crippen molar-refractivity contribution in [2.24, 2.45) is 4.99 Å². The zero-order valence-corrected chi connectivity index (χ0v) is 17.1. The van der Waals surface area contributed by atoms with Crippen molar-refractivity contribution >= 4 is 17.3 Å². The Morgan fingerprint density at radius 2 is 1.88 bits per heavy atom. The van der Waals surface area contributed by atoms with Gasteiger partial charge in [0.05, 0.1) is 13.2 Å². The molecule has 5 nitrogen and oxygen atoms in total. The molecule has 0 fully saturated rings. The summed E-state index contributed by atoms with van der Waals surface area (Å²) >= 11 is 1.79. The van der Waals surface area contributed by atoms with Crippen molar-refractivity contribution in [2.45, 2.75) is 18.9 Å². The van der Waals surface area contributed by atoms with Gasteiger partial charge in [-0.25, -0.2) is 0 Å². The quantitative estimate of drug-likeness (QED) is 0.550. The number of ether oxygens (including phenoxy) is 1. The monoisotopic (exact) mass is 374 g/mol. The molecule has 6 heteroatoms. The summed E-state index contributed by atoms with van der Waals surface area (Å²) in [7, 11) is 7.67. The molecule has 2 unspecified atom stereocenters. The maximum absolute atomic E-state index is 5.53. The number of nitrogens with zero attached hydrogens (tertiary/aromatic N) is 2. The molecule has 2 atom stereocenters. The summed E-state index contributed by atoms with van der Waals surface area (Å²) in [5.41, 5.74) is 1.16. The highest BCUT2D eigenvalue weighted by molar-refractivity contribution is 7.10. The summed E-state index contributed by atoms with van der Waals surface area (Å²) in [6.45, 7) is 3.81. The number of hydrogen-bond donors (Lipinski definition) is 2. The van der Waals surface area contributed by atoms with Gasteiger partial charge in [0.25, 0.3) is 0 Å². The molecule has 0 bridgehead atoms. The fourth-order valence-corrected chi connectivity index (χ4v) is 3.64. The number of likely N-dealkylation sites (N-methyl/N-ethyl adjacent to an activating group) is 1. The zero-order chi connectivity index (χ0) is 18.9. The third-order valence-corrected chi connectivity index (χ3v) is 5.52. The number of para-hydroxylation sites is 1. The second-order valence-electron chi connectivity index (χ2n) is 6.47. The Morgan fingerprint density at radius 3 is 2.50 bits per heavy atom. The second kappa shape index (κ2) is 10.2. The van der Waals surface area contributed by atoms with Gasteiger partial charge in [-0.05, 0) is 31.6 Å². The lowest BCUT2D eigenvalue weighted by Crippen LogP contribution is -2.42. The molecule has 2 N–H and O–H groups in total. The number of rotatable bonds is 8. The van der Waals surface area contributed by atoms with Crippen LogP contribution in [0.2, 0.25) is 0 Å². The molecule has 0 radical (unpaired) electrons. The van der Waals surface area contributed by atoms with Gasteiger partial charge in [-0.15, -0.1) is 11.3 Å². The van der Waals surface area contributed by atoms with E-state index in [1.807, 2.05) is 18.2 Å². The van der Waals surface area contributed by atoms with Crippen molar-refractivity contribution in [1.82, 2.24) is 15.5 Å². The van der Waals surface area contributed by atoms with Gasteiger partial charge in [-0.3, -0.25) is 4.99 Å². The van der Waals surface area contributed by atoms with E-state index in [9.17, 15) is 0 Å². The Morgan fingerprint density at radius 1 is 1.15 bits per heavy atom. The highest BCUT2D eigenvalue weighted by Crippen LogP contribution is 2.27. The summed E-state index contributed by atoms with van der Waals surface area (Å²) in [6, 6.07) is 12.6. The van der Waals surface area contributed by atoms with E-state index in [1.165, 1.54) is 4.88 Å². The second-order valence-corrected chi connectivity index (χ2v) is 7.45. The third-order valence-electron chi connectivity index (χ3n) is 4.41. The minimum atomic E-state index is 0.180. The lowest BCUT2D eigenvalue weighted by molar-refractivity contribution is 0.287. The average molecular weight is 375 g/mol. The van der Waals surface area contributed by atoms with E-state index >= 15 is 0 Å². The lowest BCUT2D eigenvalue weighted by atomic mass is 10.0. The summed E-state index contributed by atoms with van der Waals surface area (Å²) in [4.78, 5) is 7.93. The first-order chi connectivity index (χ1) is 12.6. The number of guanidine groups is 1. The van der Waals surface area contributed by atoms with Crippen LogP contribution in [0.3, 0.4) is 0 Å².